The number of rotatable bonds is 13. The Labute approximate surface area is 191 Å². The smallest absolute Gasteiger partial charge is 0.328 e. The molecular weight excluding hydrogens is 428 g/mol. The third-order valence-corrected chi connectivity index (χ3v) is 4.70. The first-order valence-electron chi connectivity index (χ1n) is 10.5. The number of hydrogen-bond donors (Lipinski definition) is 3. The van der Waals surface area contributed by atoms with Crippen LogP contribution < -0.4 is 11.1 Å². The van der Waals surface area contributed by atoms with E-state index in [1.165, 1.54) is 0 Å². The fourth-order valence-electron chi connectivity index (χ4n) is 2.85. The second-order valence-corrected chi connectivity index (χ2v) is 7.38. The monoisotopic (exact) mass is 456 g/mol. The van der Waals surface area contributed by atoms with Crippen LogP contribution in [0.5, 0.6) is 0 Å². The Hall–Kier alpha value is -3.72. The standard InChI is InChI=1S/C24H28N2O7/c25-19(23(30)32-15-17-7-3-1-4-8-17)11-13-21(27)26-20(12-14-22(28)29)24(31)33-16-18-9-5-2-6-10-18/h1-10,19-20H,11-16,25H2,(H,26,27)(H,28,29)/t19-,20-/m0/s1. The number of hydrogen-bond acceptors (Lipinski definition) is 7. The molecule has 0 saturated carbocycles. The van der Waals surface area contributed by atoms with E-state index in [4.69, 9.17) is 20.3 Å². The molecule has 33 heavy (non-hydrogen) atoms. The lowest BCUT2D eigenvalue weighted by Gasteiger charge is -2.18. The van der Waals surface area contributed by atoms with Crippen molar-refractivity contribution >= 4 is 23.8 Å². The van der Waals surface area contributed by atoms with E-state index in [-0.39, 0.29) is 38.9 Å². The van der Waals surface area contributed by atoms with Gasteiger partial charge in [-0.15, -0.1) is 0 Å². The van der Waals surface area contributed by atoms with E-state index in [2.05, 4.69) is 5.32 Å². The van der Waals surface area contributed by atoms with Gasteiger partial charge in [0.15, 0.2) is 0 Å². The van der Waals surface area contributed by atoms with E-state index in [0.29, 0.717) is 0 Å². The first-order chi connectivity index (χ1) is 15.8. The van der Waals surface area contributed by atoms with Crippen molar-refractivity contribution in [3.8, 4) is 0 Å². The lowest BCUT2D eigenvalue weighted by atomic mass is 10.1. The summed E-state index contributed by atoms with van der Waals surface area (Å²) in [6.45, 7) is 0.0708. The Morgan fingerprint density at radius 2 is 1.30 bits per heavy atom. The van der Waals surface area contributed by atoms with Crippen molar-refractivity contribution in [1.82, 2.24) is 5.32 Å². The highest BCUT2D eigenvalue weighted by atomic mass is 16.5. The lowest BCUT2D eigenvalue weighted by molar-refractivity contribution is -0.150. The van der Waals surface area contributed by atoms with Crippen molar-refractivity contribution in [2.75, 3.05) is 0 Å². The zero-order valence-corrected chi connectivity index (χ0v) is 18.1. The van der Waals surface area contributed by atoms with Crippen molar-refractivity contribution < 1.29 is 33.8 Å². The highest BCUT2D eigenvalue weighted by Crippen LogP contribution is 2.08. The molecule has 0 aromatic heterocycles. The van der Waals surface area contributed by atoms with Gasteiger partial charge in [-0.25, -0.2) is 4.79 Å². The van der Waals surface area contributed by atoms with Gasteiger partial charge >= 0.3 is 17.9 Å². The van der Waals surface area contributed by atoms with E-state index in [1.54, 1.807) is 36.4 Å². The molecule has 0 bridgehead atoms. The first kappa shape index (κ1) is 25.5. The summed E-state index contributed by atoms with van der Waals surface area (Å²) in [4.78, 5) is 47.7. The van der Waals surface area contributed by atoms with E-state index >= 15 is 0 Å². The van der Waals surface area contributed by atoms with Crippen LogP contribution in [-0.4, -0.2) is 41.0 Å². The summed E-state index contributed by atoms with van der Waals surface area (Å²) in [5.41, 5.74) is 7.38. The van der Waals surface area contributed by atoms with E-state index in [0.717, 1.165) is 11.1 Å². The molecule has 9 heteroatoms. The molecule has 0 spiro atoms. The Morgan fingerprint density at radius 1 is 0.788 bits per heavy atom. The highest BCUT2D eigenvalue weighted by Gasteiger charge is 2.24. The summed E-state index contributed by atoms with van der Waals surface area (Å²) in [6.07, 6.45) is -0.585. The Bertz CT molecular complexity index is 919. The van der Waals surface area contributed by atoms with Crippen molar-refractivity contribution in [3.63, 3.8) is 0 Å². The van der Waals surface area contributed by atoms with Crippen molar-refractivity contribution in [2.24, 2.45) is 5.73 Å². The minimum atomic E-state index is -1.13. The normalized spacial score (nSPS) is 12.3. The van der Waals surface area contributed by atoms with Gasteiger partial charge < -0.3 is 25.6 Å². The van der Waals surface area contributed by atoms with Crippen LogP contribution in [-0.2, 0) is 41.9 Å². The van der Waals surface area contributed by atoms with Crippen LogP contribution in [0, 0.1) is 0 Å². The maximum atomic E-state index is 12.4. The van der Waals surface area contributed by atoms with Crippen molar-refractivity contribution in [1.29, 1.82) is 0 Å². The number of aliphatic carboxylic acids is 1. The SMILES string of the molecule is N[C@@H](CCC(=O)N[C@@H](CCC(=O)O)C(=O)OCc1ccccc1)C(=O)OCc1ccccc1. The number of carbonyl (C=O) groups excluding carboxylic acids is 3. The Morgan fingerprint density at radius 3 is 1.82 bits per heavy atom. The molecule has 0 unspecified atom stereocenters. The molecular formula is C24H28N2O7. The Balaban J connectivity index is 1.80. The van der Waals surface area contributed by atoms with E-state index < -0.39 is 35.9 Å². The predicted molar refractivity (Wildman–Crippen MR) is 118 cm³/mol. The van der Waals surface area contributed by atoms with Gasteiger partial charge in [0.25, 0.3) is 0 Å². The fourth-order valence-corrected chi connectivity index (χ4v) is 2.85. The third-order valence-electron chi connectivity index (χ3n) is 4.70. The van der Waals surface area contributed by atoms with Gasteiger partial charge in [0.05, 0.1) is 0 Å². The zero-order valence-electron chi connectivity index (χ0n) is 18.1. The van der Waals surface area contributed by atoms with E-state index in [9.17, 15) is 19.2 Å². The van der Waals surface area contributed by atoms with Gasteiger partial charge in [-0.1, -0.05) is 60.7 Å². The zero-order chi connectivity index (χ0) is 24.1. The number of carbonyl (C=O) groups is 4. The molecule has 0 heterocycles. The van der Waals surface area contributed by atoms with Crippen LogP contribution in [0.3, 0.4) is 0 Å². The van der Waals surface area contributed by atoms with Gasteiger partial charge in [-0.2, -0.15) is 0 Å². The number of carboxylic acids is 1. The van der Waals surface area contributed by atoms with Crippen LogP contribution in [0.15, 0.2) is 60.7 Å². The second-order valence-electron chi connectivity index (χ2n) is 7.38. The summed E-state index contributed by atoms with van der Waals surface area (Å²) >= 11 is 0. The Kier molecular flexibility index (Phi) is 10.6. The lowest BCUT2D eigenvalue weighted by Crippen LogP contribution is -2.43. The molecule has 2 aromatic rings. The molecule has 2 rings (SSSR count). The molecule has 9 nitrogen and oxygen atoms in total. The molecule has 176 valence electrons. The van der Waals surface area contributed by atoms with E-state index in [1.807, 2.05) is 24.3 Å². The summed E-state index contributed by atoms with van der Waals surface area (Å²) < 4.78 is 10.4. The maximum absolute atomic E-state index is 12.4. The number of carboxylic acid groups (broad SMARTS) is 1. The van der Waals surface area contributed by atoms with Crippen LogP contribution in [0.2, 0.25) is 0 Å². The summed E-state index contributed by atoms with van der Waals surface area (Å²) in [5.74, 6) is -3.03. The molecule has 0 radical (unpaired) electrons. The molecule has 0 fully saturated rings. The average molecular weight is 456 g/mol. The number of nitrogens with two attached hydrogens (primary N) is 1. The van der Waals surface area contributed by atoms with Crippen LogP contribution in [0.25, 0.3) is 0 Å². The number of esters is 2. The van der Waals surface area contributed by atoms with Crippen LogP contribution >= 0.6 is 0 Å². The second kappa shape index (κ2) is 13.6. The minimum Gasteiger partial charge on any atom is -0.481 e. The van der Waals surface area contributed by atoms with Crippen LogP contribution in [0.4, 0.5) is 0 Å². The average Bonchev–Trinajstić information content (AvgIpc) is 2.83. The molecule has 4 N–H and O–H groups in total. The molecule has 0 saturated heterocycles. The number of amides is 1. The topological polar surface area (TPSA) is 145 Å². The predicted octanol–water partition coefficient (Wildman–Crippen LogP) is 1.93. The first-order valence-corrected chi connectivity index (χ1v) is 10.5. The van der Waals surface area contributed by atoms with Gasteiger partial charge in [0.2, 0.25) is 5.91 Å². The van der Waals surface area contributed by atoms with Gasteiger partial charge in [0, 0.05) is 12.8 Å². The van der Waals surface area contributed by atoms with Crippen molar-refractivity contribution in [2.45, 2.75) is 51.0 Å². The highest BCUT2D eigenvalue weighted by molar-refractivity contribution is 5.85. The van der Waals surface area contributed by atoms with Gasteiger partial charge in [-0.3, -0.25) is 14.4 Å². The molecule has 2 atom stereocenters. The summed E-state index contributed by atoms with van der Waals surface area (Å²) in [6, 6.07) is 15.9. The van der Waals surface area contributed by atoms with Gasteiger partial charge in [-0.05, 0) is 24.0 Å². The largest absolute Gasteiger partial charge is 0.481 e. The molecule has 0 aliphatic carbocycles. The number of nitrogens with one attached hydrogen (secondary N) is 1. The maximum Gasteiger partial charge on any atom is 0.328 e. The summed E-state index contributed by atoms with van der Waals surface area (Å²) in [7, 11) is 0. The van der Waals surface area contributed by atoms with Crippen LogP contribution in [0.1, 0.15) is 36.8 Å². The number of benzene rings is 2. The molecule has 2 aromatic carbocycles. The molecule has 0 aliphatic rings. The van der Waals surface area contributed by atoms with Crippen molar-refractivity contribution in [3.05, 3.63) is 71.8 Å². The minimum absolute atomic E-state index is 0.00273. The fraction of sp³-hybridized carbons (Fsp3) is 0.333. The van der Waals surface area contributed by atoms with Gasteiger partial charge in [0.1, 0.15) is 25.3 Å². The number of ether oxygens (including phenoxy) is 2. The molecule has 1 amide bonds. The third kappa shape index (κ3) is 9.96. The quantitative estimate of drug-likeness (QED) is 0.388. The summed E-state index contributed by atoms with van der Waals surface area (Å²) in [5, 5.41) is 11.4. The molecule has 0 aliphatic heterocycles.